The van der Waals surface area contributed by atoms with Crippen LogP contribution in [0.2, 0.25) is 0 Å². The molecular formula is C19H20N4O3S3. The van der Waals surface area contributed by atoms with Crippen molar-refractivity contribution in [1.29, 1.82) is 0 Å². The highest BCUT2D eigenvalue weighted by Crippen LogP contribution is 2.29. The predicted molar refractivity (Wildman–Crippen MR) is 114 cm³/mol. The Morgan fingerprint density at radius 2 is 1.90 bits per heavy atom. The van der Waals surface area contributed by atoms with Gasteiger partial charge in [-0.25, -0.2) is 13.4 Å². The summed E-state index contributed by atoms with van der Waals surface area (Å²) in [4.78, 5) is 18.3. The molecule has 0 atom stereocenters. The van der Waals surface area contributed by atoms with Gasteiger partial charge in [0.05, 0.1) is 0 Å². The van der Waals surface area contributed by atoms with Gasteiger partial charge in [-0.15, -0.1) is 11.3 Å². The summed E-state index contributed by atoms with van der Waals surface area (Å²) < 4.78 is 29.1. The Labute approximate surface area is 177 Å². The molecule has 1 saturated heterocycles. The summed E-state index contributed by atoms with van der Waals surface area (Å²) >= 11 is 2.66. The van der Waals surface area contributed by atoms with Crippen LogP contribution < -0.4 is 5.32 Å². The molecule has 2 aromatic heterocycles. The number of carbonyl (C=O) groups excluding carboxylic acids is 1. The lowest BCUT2D eigenvalue weighted by Crippen LogP contribution is -2.29. The van der Waals surface area contributed by atoms with E-state index in [0.717, 1.165) is 34.2 Å². The van der Waals surface area contributed by atoms with Crippen molar-refractivity contribution in [3.63, 3.8) is 0 Å². The maximum Gasteiger partial charge on any atom is 0.267 e. The SMILES string of the molecule is Cn1ccnc1Sc1ccc(NC(=O)c2sccc2S(=O)(=O)N2CCCC2)cc1. The minimum absolute atomic E-state index is 0.0869. The van der Waals surface area contributed by atoms with Crippen LogP contribution in [-0.4, -0.2) is 41.3 Å². The van der Waals surface area contributed by atoms with Crippen LogP contribution in [0.25, 0.3) is 0 Å². The molecule has 1 N–H and O–H groups in total. The second-order valence-corrected chi connectivity index (χ2v) is 10.5. The number of nitrogens with zero attached hydrogens (tertiary/aromatic N) is 3. The molecule has 0 saturated carbocycles. The third-order valence-corrected chi connectivity index (χ3v) is 8.68. The Bertz CT molecular complexity index is 1110. The number of aryl methyl sites for hydroxylation is 1. The lowest BCUT2D eigenvalue weighted by atomic mass is 10.3. The van der Waals surface area contributed by atoms with Crippen LogP contribution in [0.1, 0.15) is 22.5 Å². The summed E-state index contributed by atoms with van der Waals surface area (Å²) in [7, 11) is -1.70. The Kier molecular flexibility index (Phi) is 5.77. The highest BCUT2D eigenvalue weighted by Gasteiger charge is 2.31. The molecule has 29 heavy (non-hydrogen) atoms. The Morgan fingerprint density at radius 3 is 2.55 bits per heavy atom. The second-order valence-electron chi connectivity index (χ2n) is 6.63. The van der Waals surface area contributed by atoms with Crippen molar-refractivity contribution in [1.82, 2.24) is 13.9 Å². The fourth-order valence-corrected chi connectivity index (χ4v) is 6.70. The number of hydrogen-bond donors (Lipinski definition) is 1. The van der Waals surface area contributed by atoms with Crippen LogP contribution in [0.5, 0.6) is 0 Å². The third kappa shape index (κ3) is 4.25. The average Bonchev–Trinajstić information content (AvgIpc) is 3.46. The Morgan fingerprint density at radius 1 is 1.17 bits per heavy atom. The molecule has 1 amide bonds. The molecule has 0 spiro atoms. The molecule has 0 unspecified atom stereocenters. The molecule has 1 aromatic carbocycles. The van der Waals surface area contributed by atoms with Gasteiger partial charge in [0.1, 0.15) is 9.77 Å². The maximum absolute atomic E-state index is 12.8. The lowest BCUT2D eigenvalue weighted by molar-refractivity contribution is 0.102. The van der Waals surface area contributed by atoms with Crippen molar-refractivity contribution < 1.29 is 13.2 Å². The number of rotatable bonds is 6. The largest absolute Gasteiger partial charge is 0.329 e. The number of amides is 1. The van der Waals surface area contributed by atoms with Gasteiger partial charge in [0.15, 0.2) is 5.16 Å². The number of carbonyl (C=O) groups is 1. The van der Waals surface area contributed by atoms with Crippen molar-refractivity contribution in [2.45, 2.75) is 27.8 Å². The summed E-state index contributed by atoms with van der Waals surface area (Å²) in [5.74, 6) is -0.415. The molecule has 1 aliphatic rings. The smallest absolute Gasteiger partial charge is 0.267 e. The minimum atomic E-state index is -3.63. The first kappa shape index (κ1) is 20.1. The van der Waals surface area contributed by atoms with Gasteiger partial charge in [0.2, 0.25) is 10.0 Å². The molecule has 0 bridgehead atoms. The fourth-order valence-electron chi connectivity index (χ4n) is 3.08. The van der Waals surface area contributed by atoms with Crippen LogP contribution in [0.3, 0.4) is 0 Å². The van der Waals surface area contributed by atoms with E-state index in [4.69, 9.17) is 0 Å². The summed E-state index contributed by atoms with van der Waals surface area (Å²) in [5.41, 5.74) is 0.608. The first-order valence-corrected chi connectivity index (χ1v) is 12.2. The van der Waals surface area contributed by atoms with E-state index in [9.17, 15) is 13.2 Å². The summed E-state index contributed by atoms with van der Waals surface area (Å²) in [6.07, 6.45) is 5.33. The molecule has 1 aliphatic heterocycles. The van der Waals surface area contributed by atoms with Crippen LogP contribution in [0.15, 0.2) is 63.1 Å². The summed E-state index contributed by atoms with van der Waals surface area (Å²) in [6.45, 7) is 1.02. The second kappa shape index (κ2) is 8.31. The number of thiophene rings is 1. The van der Waals surface area contributed by atoms with Gasteiger partial charge in [-0.05, 0) is 48.6 Å². The molecule has 1 fully saturated rings. The van der Waals surface area contributed by atoms with Crippen LogP contribution in [-0.2, 0) is 17.1 Å². The standard InChI is InChI=1S/C19H20N4O3S3/c1-22-12-9-20-19(22)28-15-6-4-14(5-7-15)21-18(24)17-16(8-13-27-17)29(25,26)23-10-2-3-11-23/h4-9,12-13H,2-3,10-11H2,1H3,(H,21,24). The predicted octanol–water partition coefficient (Wildman–Crippen LogP) is 3.67. The monoisotopic (exact) mass is 448 g/mol. The van der Waals surface area contributed by atoms with Crippen molar-refractivity contribution >= 4 is 44.7 Å². The maximum atomic E-state index is 12.8. The van der Waals surface area contributed by atoms with Crippen molar-refractivity contribution in [2.75, 3.05) is 18.4 Å². The molecular weight excluding hydrogens is 428 g/mol. The molecule has 0 aliphatic carbocycles. The number of aromatic nitrogens is 2. The van der Waals surface area contributed by atoms with E-state index in [-0.39, 0.29) is 9.77 Å². The van der Waals surface area contributed by atoms with E-state index in [1.807, 2.05) is 29.9 Å². The molecule has 3 aromatic rings. The Hall–Kier alpha value is -2.14. The van der Waals surface area contributed by atoms with Gasteiger partial charge in [-0.3, -0.25) is 4.79 Å². The van der Waals surface area contributed by atoms with Gasteiger partial charge in [-0.1, -0.05) is 11.8 Å². The highest BCUT2D eigenvalue weighted by atomic mass is 32.2. The first-order chi connectivity index (χ1) is 13.9. The minimum Gasteiger partial charge on any atom is -0.329 e. The quantitative estimate of drug-likeness (QED) is 0.622. The van der Waals surface area contributed by atoms with Crippen molar-refractivity contribution in [2.24, 2.45) is 7.05 Å². The number of imidazole rings is 1. The Balaban J connectivity index is 1.48. The van der Waals surface area contributed by atoms with Crippen LogP contribution in [0, 0.1) is 0 Å². The highest BCUT2D eigenvalue weighted by molar-refractivity contribution is 7.99. The van der Waals surface area contributed by atoms with Gasteiger partial charge < -0.3 is 9.88 Å². The van der Waals surface area contributed by atoms with E-state index in [1.54, 1.807) is 23.7 Å². The number of sulfonamides is 1. The van der Waals surface area contributed by atoms with E-state index in [2.05, 4.69) is 10.3 Å². The summed E-state index contributed by atoms with van der Waals surface area (Å²) in [6, 6.07) is 8.90. The average molecular weight is 449 g/mol. The van der Waals surface area contributed by atoms with Crippen LogP contribution >= 0.6 is 23.1 Å². The van der Waals surface area contributed by atoms with Gasteiger partial charge in [0, 0.05) is 43.1 Å². The normalized spacial score (nSPS) is 14.9. The molecule has 7 nitrogen and oxygen atoms in total. The van der Waals surface area contributed by atoms with Gasteiger partial charge in [-0.2, -0.15) is 4.31 Å². The topological polar surface area (TPSA) is 84.3 Å². The zero-order valence-corrected chi connectivity index (χ0v) is 18.2. The molecule has 3 heterocycles. The van der Waals surface area contributed by atoms with Crippen LogP contribution in [0.4, 0.5) is 5.69 Å². The number of nitrogens with one attached hydrogen (secondary N) is 1. The van der Waals surface area contributed by atoms with E-state index in [0.29, 0.717) is 18.8 Å². The van der Waals surface area contributed by atoms with Gasteiger partial charge in [0.25, 0.3) is 5.91 Å². The zero-order chi connectivity index (χ0) is 20.4. The molecule has 0 radical (unpaired) electrons. The fraction of sp³-hybridized carbons (Fsp3) is 0.263. The number of hydrogen-bond acceptors (Lipinski definition) is 6. The third-order valence-electron chi connectivity index (χ3n) is 4.62. The van der Waals surface area contributed by atoms with E-state index in [1.165, 1.54) is 22.1 Å². The van der Waals surface area contributed by atoms with E-state index < -0.39 is 15.9 Å². The molecule has 152 valence electrons. The van der Waals surface area contributed by atoms with E-state index >= 15 is 0 Å². The first-order valence-electron chi connectivity index (χ1n) is 9.09. The molecule has 10 heteroatoms. The van der Waals surface area contributed by atoms with Gasteiger partial charge >= 0.3 is 0 Å². The lowest BCUT2D eigenvalue weighted by Gasteiger charge is -2.15. The zero-order valence-electron chi connectivity index (χ0n) is 15.7. The number of anilines is 1. The van der Waals surface area contributed by atoms with Crippen molar-refractivity contribution in [3.8, 4) is 0 Å². The van der Waals surface area contributed by atoms with Crippen molar-refractivity contribution in [3.05, 3.63) is 53.0 Å². The number of benzene rings is 1. The summed E-state index contributed by atoms with van der Waals surface area (Å²) in [5, 5.41) is 5.32. The molecule has 4 rings (SSSR count).